The Hall–Kier alpha value is -1.26. The topological polar surface area (TPSA) is 83.6 Å². The molecule has 1 unspecified atom stereocenters. The molecule has 0 spiro atoms. The van der Waals surface area contributed by atoms with E-state index < -0.39 is 12.0 Å². The van der Waals surface area contributed by atoms with E-state index in [9.17, 15) is 9.59 Å². The van der Waals surface area contributed by atoms with Crippen LogP contribution in [-0.4, -0.2) is 35.1 Å². The van der Waals surface area contributed by atoms with E-state index in [1.54, 1.807) is 0 Å². The van der Waals surface area contributed by atoms with Crippen molar-refractivity contribution in [3.05, 3.63) is 0 Å². The fourth-order valence-corrected chi connectivity index (χ4v) is 1.55. The lowest BCUT2D eigenvalue weighted by Gasteiger charge is -2.19. The maximum Gasteiger partial charge on any atom is 0.407 e. The summed E-state index contributed by atoms with van der Waals surface area (Å²) in [6.45, 7) is 0.768. The van der Waals surface area contributed by atoms with Crippen molar-refractivity contribution in [1.29, 1.82) is 0 Å². The lowest BCUT2D eigenvalue weighted by atomic mass is 10.0. The first-order valence-electron chi connectivity index (χ1n) is 4.38. The lowest BCUT2D eigenvalue weighted by Crippen LogP contribution is -2.37. The van der Waals surface area contributed by atoms with E-state index in [-0.39, 0.29) is 12.5 Å². The van der Waals surface area contributed by atoms with E-state index in [0.29, 0.717) is 13.0 Å². The minimum absolute atomic E-state index is 0.255. The van der Waals surface area contributed by atoms with Gasteiger partial charge in [-0.3, -0.25) is 4.79 Å². The largest absolute Gasteiger partial charge is 0.465 e. The van der Waals surface area contributed by atoms with E-state index in [0.717, 1.165) is 12.8 Å². The van der Waals surface area contributed by atoms with Crippen LogP contribution >= 0.6 is 0 Å². The molecule has 2 amide bonds. The summed E-state index contributed by atoms with van der Waals surface area (Å²) in [5.74, 6) is -0.702. The number of carbonyl (C=O) groups excluding carboxylic acids is 1. The van der Waals surface area contributed by atoms with Gasteiger partial charge in [-0.15, -0.1) is 0 Å². The molecule has 0 aromatic heterocycles. The molecule has 74 valence electrons. The molecule has 1 rings (SSSR count). The fourth-order valence-electron chi connectivity index (χ4n) is 1.55. The Morgan fingerprint density at radius 2 is 2.08 bits per heavy atom. The highest BCUT2D eigenvalue weighted by molar-refractivity contribution is 5.77. The molecule has 1 aliphatic heterocycles. The zero-order valence-electron chi connectivity index (χ0n) is 7.40. The molecule has 0 radical (unpaired) electrons. The van der Waals surface area contributed by atoms with Crippen LogP contribution in [0.15, 0.2) is 0 Å². The van der Waals surface area contributed by atoms with Crippen molar-refractivity contribution in [3.8, 4) is 0 Å². The van der Waals surface area contributed by atoms with Crippen LogP contribution in [0.1, 0.15) is 19.3 Å². The van der Waals surface area contributed by atoms with E-state index in [2.05, 4.69) is 0 Å². The zero-order valence-corrected chi connectivity index (χ0v) is 7.40. The van der Waals surface area contributed by atoms with Crippen LogP contribution in [0, 0.1) is 5.92 Å². The average Bonchev–Trinajstić information content (AvgIpc) is 2.28. The van der Waals surface area contributed by atoms with E-state index in [4.69, 9.17) is 10.8 Å². The summed E-state index contributed by atoms with van der Waals surface area (Å²) in [7, 11) is 0. The second-order valence-corrected chi connectivity index (χ2v) is 3.32. The Bertz CT molecular complexity index is 195. The van der Waals surface area contributed by atoms with Crippen LogP contribution in [-0.2, 0) is 4.79 Å². The highest BCUT2D eigenvalue weighted by Gasteiger charge is 2.24. The molecular weight excluding hydrogens is 172 g/mol. The van der Waals surface area contributed by atoms with Gasteiger partial charge in [0.2, 0.25) is 5.91 Å². The minimum atomic E-state index is -0.965. The number of primary amides is 1. The maximum atomic E-state index is 10.9. The average molecular weight is 186 g/mol. The highest BCUT2D eigenvalue weighted by atomic mass is 16.4. The van der Waals surface area contributed by atoms with E-state index in [1.165, 1.54) is 4.90 Å². The van der Waals surface area contributed by atoms with Crippen LogP contribution in [0.5, 0.6) is 0 Å². The minimum Gasteiger partial charge on any atom is -0.465 e. The smallest absolute Gasteiger partial charge is 0.407 e. The Morgan fingerprint density at radius 3 is 2.62 bits per heavy atom. The standard InChI is InChI=1S/C8H14N2O3/c9-7(11)6-3-1-2-4-10(5-6)8(12)13/h6H,1-5H2,(H2,9,11)(H,12,13). The number of hydrogen-bond donors (Lipinski definition) is 2. The summed E-state index contributed by atoms with van der Waals surface area (Å²) >= 11 is 0. The quantitative estimate of drug-likeness (QED) is 0.615. The molecule has 0 bridgehead atoms. The van der Waals surface area contributed by atoms with Crippen LogP contribution in [0.2, 0.25) is 0 Å². The van der Waals surface area contributed by atoms with Crippen LogP contribution in [0.3, 0.4) is 0 Å². The molecule has 3 N–H and O–H groups in total. The van der Waals surface area contributed by atoms with Gasteiger partial charge in [0.25, 0.3) is 0 Å². The summed E-state index contributed by atoms with van der Waals surface area (Å²) in [6.07, 6.45) is 1.43. The first-order valence-corrected chi connectivity index (χ1v) is 4.38. The predicted octanol–water partition coefficient (Wildman–Crippen LogP) is 0.252. The third kappa shape index (κ3) is 2.61. The molecule has 5 nitrogen and oxygen atoms in total. The van der Waals surface area contributed by atoms with Gasteiger partial charge in [0, 0.05) is 13.1 Å². The summed E-state index contributed by atoms with van der Waals surface area (Å²) < 4.78 is 0. The normalized spacial score (nSPS) is 23.7. The lowest BCUT2D eigenvalue weighted by molar-refractivity contribution is -0.122. The van der Waals surface area contributed by atoms with Crippen molar-refractivity contribution in [2.45, 2.75) is 19.3 Å². The first-order chi connectivity index (χ1) is 6.11. The van der Waals surface area contributed by atoms with Gasteiger partial charge in [-0.25, -0.2) is 4.79 Å². The van der Waals surface area contributed by atoms with Crippen molar-refractivity contribution in [1.82, 2.24) is 4.90 Å². The molecule has 1 fully saturated rings. The number of carbonyl (C=O) groups is 2. The molecule has 5 heteroatoms. The second kappa shape index (κ2) is 4.11. The number of likely N-dealkylation sites (tertiary alicyclic amines) is 1. The second-order valence-electron chi connectivity index (χ2n) is 3.32. The summed E-state index contributed by atoms with van der Waals surface area (Å²) in [6, 6.07) is 0. The number of amides is 2. The molecule has 0 aromatic rings. The Kier molecular flexibility index (Phi) is 3.11. The summed E-state index contributed by atoms with van der Waals surface area (Å²) in [5, 5.41) is 8.74. The van der Waals surface area contributed by atoms with Crippen LogP contribution < -0.4 is 5.73 Å². The van der Waals surface area contributed by atoms with Crippen LogP contribution in [0.4, 0.5) is 4.79 Å². The van der Waals surface area contributed by atoms with Gasteiger partial charge < -0.3 is 15.7 Å². The third-order valence-corrected chi connectivity index (χ3v) is 2.34. The third-order valence-electron chi connectivity index (χ3n) is 2.34. The van der Waals surface area contributed by atoms with Gasteiger partial charge >= 0.3 is 6.09 Å². The fraction of sp³-hybridized carbons (Fsp3) is 0.750. The van der Waals surface area contributed by atoms with E-state index in [1.807, 2.05) is 0 Å². The van der Waals surface area contributed by atoms with E-state index >= 15 is 0 Å². The number of carboxylic acid groups (broad SMARTS) is 1. The van der Waals surface area contributed by atoms with Crippen molar-refractivity contribution < 1.29 is 14.7 Å². The van der Waals surface area contributed by atoms with Gasteiger partial charge in [0.15, 0.2) is 0 Å². The Labute approximate surface area is 76.5 Å². The maximum absolute atomic E-state index is 10.9. The number of nitrogens with zero attached hydrogens (tertiary/aromatic N) is 1. The zero-order chi connectivity index (χ0) is 9.84. The monoisotopic (exact) mass is 186 g/mol. The van der Waals surface area contributed by atoms with Gasteiger partial charge in [-0.1, -0.05) is 6.42 Å². The van der Waals surface area contributed by atoms with Crippen LogP contribution in [0.25, 0.3) is 0 Å². The van der Waals surface area contributed by atoms with Crippen molar-refractivity contribution >= 4 is 12.0 Å². The van der Waals surface area contributed by atoms with Gasteiger partial charge in [0.1, 0.15) is 0 Å². The highest BCUT2D eigenvalue weighted by Crippen LogP contribution is 2.15. The van der Waals surface area contributed by atoms with Crippen molar-refractivity contribution in [2.24, 2.45) is 11.7 Å². The van der Waals surface area contributed by atoms with Gasteiger partial charge in [-0.05, 0) is 12.8 Å². The summed E-state index contributed by atoms with van der Waals surface area (Å²) in [4.78, 5) is 22.8. The van der Waals surface area contributed by atoms with Crippen molar-refractivity contribution in [2.75, 3.05) is 13.1 Å². The SMILES string of the molecule is NC(=O)C1CCCCN(C(=O)O)C1. The molecule has 1 saturated heterocycles. The first kappa shape index (κ1) is 9.83. The number of hydrogen-bond acceptors (Lipinski definition) is 2. The number of nitrogens with two attached hydrogens (primary N) is 1. The molecule has 13 heavy (non-hydrogen) atoms. The predicted molar refractivity (Wildman–Crippen MR) is 46.1 cm³/mol. The number of rotatable bonds is 1. The Morgan fingerprint density at radius 1 is 1.38 bits per heavy atom. The molecule has 0 aromatic carbocycles. The molecule has 0 saturated carbocycles. The van der Waals surface area contributed by atoms with Gasteiger partial charge in [0.05, 0.1) is 5.92 Å². The molecule has 1 atom stereocenters. The Balaban J connectivity index is 2.59. The molecule has 1 heterocycles. The molecule has 0 aliphatic carbocycles. The van der Waals surface area contributed by atoms with Gasteiger partial charge in [-0.2, -0.15) is 0 Å². The molecular formula is C8H14N2O3. The summed E-state index contributed by atoms with van der Waals surface area (Å²) in [5.41, 5.74) is 5.14. The van der Waals surface area contributed by atoms with Crippen molar-refractivity contribution in [3.63, 3.8) is 0 Å². The molecule has 1 aliphatic rings.